The molecule has 0 aliphatic carbocycles. The Balaban J connectivity index is 2.18. The molecule has 0 fully saturated rings. The lowest BCUT2D eigenvalue weighted by Crippen LogP contribution is -2.27. The highest BCUT2D eigenvalue weighted by atomic mass is 32.2. The predicted molar refractivity (Wildman–Crippen MR) is 77.3 cm³/mol. The summed E-state index contributed by atoms with van der Waals surface area (Å²) in [6, 6.07) is 12.2. The molecule has 0 spiro atoms. The van der Waals surface area contributed by atoms with E-state index in [2.05, 4.69) is 9.71 Å². The summed E-state index contributed by atoms with van der Waals surface area (Å²) in [5.41, 5.74) is 7.15. The molecule has 6 heteroatoms. The van der Waals surface area contributed by atoms with E-state index in [1.54, 1.807) is 13.0 Å². The smallest absolute Gasteiger partial charge is 0.258 e. The number of nitrogens with one attached hydrogen (secondary N) is 1. The van der Waals surface area contributed by atoms with Crippen LogP contribution in [0.2, 0.25) is 0 Å². The van der Waals surface area contributed by atoms with Gasteiger partial charge in [0.15, 0.2) is 5.03 Å². The molecule has 1 aromatic carbocycles. The average Bonchev–Trinajstić information content (AvgIpc) is 2.48. The Labute approximate surface area is 118 Å². The van der Waals surface area contributed by atoms with Crippen LogP contribution in [-0.4, -0.2) is 13.4 Å². The zero-order valence-corrected chi connectivity index (χ0v) is 12.0. The largest absolute Gasteiger partial charge is 0.326 e. The van der Waals surface area contributed by atoms with E-state index in [-0.39, 0.29) is 11.1 Å². The van der Waals surface area contributed by atoms with Crippen LogP contribution in [0, 0.1) is 0 Å². The summed E-state index contributed by atoms with van der Waals surface area (Å²) in [4.78, 5) is 3.94. The normalized spacial score (nSPS) is 13.1. The lowest BCUT2D eigenvalue weighted by Gasteiger charge is -2.14. The van der Waals surface area contributed by atoms with Crippen molar-refractivity contribution >= 4 is 10.0 Å². The van der Waals surface area contributed by atoms with Crippen LogP contribution >= 0.6 is 0 Å². The number of nitrogens with two attached hydrogens (primary N) is 1. The Hall–Kier alpha value is -1.76. The van der Waals surface area contributed by atoms with Crippen molar-refractivity contribution in [1.29, 1.82) is 0 Å². The predicted octanol–water partition coefficient (Wildman–Crippen LogP) is 1.58. The maximum Gasteiger partial charge on any atom is 0.258 e. The number of rotatable bonds is 5. The highest BCUT2D eigenvalue weighted by Gasteiger charge is 2.19. The molecule has 1 heterocycles. The molecule has 0 saturated carbocycles. The van der Waals surface area contributed by atoms with Gasteiger partial charge in [-0.15, -0.1) is 0 Å². The van der Waals surface area contributed by atoms with Gasteiger partial charge in [0.25, 0.3) is 10.0 Å². The first-order valence-corrected chi connectivity index (χ1v) is 7.73. The second-order valence-corrected chi connectivity index (χ2v) is 6.12. The molecule has 0 saturated heterocycles. The first-order valence-electron chi connectivity index (χ1n) is 6.25. The third-order valence-electron chi connectivity index (χ3n) is 2.94. The molecule has 0 amide bonds. The summed E-state index contributed by atoms with van der Waals surface area (Å²) in [5.74, 6) is 0. The second kappa shape index (κ2) is 6.13. The van der Waals surface area contributed by atoms with Crippen LogP contribution in [0.3, 0.4) is 0 Å². The Morgan fingerprint density at radius 1 is 1.20 bits per heavy atom. The van der Waals surface area contributed by atoms with Crippen molar-refractivity contribution in [1.82, 2.24) is 9.71 Å². The number of hydrogen-bond donors (Lipinski definition) is 2. The zero-order chi connectivity index (χ0) is 14.6. The molecule has 1 atom stereocenters. The molecule has 0 aliphatic heterocycles. The number of aromatic nitrogens is 1. The minimum atomic E-state index is -3.63. The molecule has 1 unspecified atom stereocenters. The van der Waals surface area contributed by atoms with Crippen LogP contribution in [0.4, 0.5) is 0 Å². The molecular weight excluding hydrogens is 274 g/mol. The molecule has 2 aromatic rings. The Morgan fingerprint density at radius 3 is 2.45 bits per heavy atom. The fourth-order valence-corrected chi connectivity index (χ4v) is 2.95. The zero-order valence-electron chi connectivity index (χ0n) is 11.2. The summed E-state index contributed by atoms with van der Waals surface area (Å²) < 4.78 is 27.0. The van der Waals surface area contributed by atoms with E-state index >= 15 is 0 Å². The van der Waals surface area contributed by atoms with Crippen molar-refractivity contribution in [2.45, 2.75) is 24.5 Å². The molecular formula is C14H17N3O2S. The van der Waals surface area contributed by atoms with Gasteiger partial charge >= 0.3 is 0 Å². The number of sulfonamides is 1. The summed E-state index contributed by atoms with van der Waals surface area (Å²) in [5, 5.41) is -0.00233. The van der Waals surface area contributed by atoms with Gasteiger partial charge in [-0.25, -0.2) is 18.1 Å². The van der Waals surface area contributed by atoms with Crippen molar-refractivity contribution in [3.05, 3.63) is 59.8 Å². The van der Waals surface area contributed by atoms with E-state index < -0.39 is 10.0 Å². The maximum atomic E-state index is 12.2. The lowest BCUT2D eigenvalue weighted by atomic mass is 10.1. The van der Waals surface area contributed by atoms with Gasteiger partial charge in [-0.1, -0.05) is 36.4 Å². The topological polar surface area (TPSA) is 85.1 Å². The number of pyridine rings is 1. The maximum absolute atomic E-state index is 12.2. The Bertz CT molecular complexity index is 655. The van der Waals surface area contributed by atoms with Gasteiger partial charge in [-0.2, -0.15) is 0 Å². The highest BCUT2D eigenvalue weighted by Crippen LogP contribution is 2.15. The first-order chi connectivity index (χ1) is 9.53. The number of benzene rings is 1. The van der Waals surface area contributed by atoms with Crippen molar-refractivity contribution in [2.75, 3.05) is 0 Å². The Morgan fingerprint density at radius 2 is 1.90 bits per heavy atom. The fraction of sp³-hybridized carbons (Fsp3) is 0.214. The van der Waals surface area contributed by atoms with Crippen LogP contribution < -0.4 is 10.5 Å². The summed E-state index contributed by atoms with van der Waals surface area (Å²) >= 11 is 0. The van der Waals surface area contributed by atoms with Gasteiger partial charge in [0.2, 0.25) is 0 Å². The summed E-state index contributed by atoms with van der Waals surface area (Å²) in [6.07, 6.45) is 1.47. The Kier molecular flexibility index (Phi) is 4.49. The molecule has 0 aliphatic rings. The molecule has 0 radical (unpaired) electrons. The van der Waals surface area contributed by atoms with E-state index in [4.69, 9.17) is 5.73 Å². The van der Waals surface area contributed by atoms with E-state index in [1.807, 2.05) is 30.3 Å². The van der Waals surface area contributed by atoms with Gasteiger partial charge < -0.3 is 5.73 Å². The van der Waals surface area contributed by atoms with Crippen LogP contribution in [0.1, 0.15) is 24.1 Å². The average molecular weight is 291 g/mol. The van der Waals surface area contributed by atoms with Crippen LogP contribution in [0.25, 0.3) is 0 Å². The van der Waals surface area contributed by atoms with Crippen molar-refractivity contribution < 1.29 is 8.42 Å². The highest BCUT2D eigenvalue weighted by molar-refractivity contribution is 7.89. The molecule has 2 rings (SSSR count). The van der Waals surface area contributed by atoms with E-state index in [0.29, 0.717) is 6.54 Å². The monoisotopic (exact) mass is 291 g/mol. The second-order valence-electron chi connectivity index (χ2n) is 4.46. The first kappa shape index (κ1) is 14.6. The molecule has 5 nitrogen and oxygen atoms in total. The minimum absolute atomic E-state index is 0.00233. The summed E-state index contributed by atoms with van der Waals surface area (Å²) in [6.45, 7) is 2.13. The van der Waals surface area contributed by atoms with Crippen molar-refractivity contribution in [2.24, 2.45) is 5.73 Å². The van der Waals surface area contributed by atoms with E-state index in [9.17, 15) is 8.42 Å². The molecule has 106 valence electrons. The van der Waals surface area contributed by atoms with E-state index in [0.717, 1.165) is 11.1 Å². The lowest BCUT2D eigenvalue weighted by molar-refractivity contribution is 0.563. The quantitative estimate of drug-likeness (QED) is 0.876. The van der Waals surface area contributed by atoms with Gasteiger partial charge in [0.05, 0.1) is 0 Å². The summed E-state index contributed by atoms with van der Waals surface area (Å²) in [7, 11) is -3.63. The van der Waals surface area contributed by atoms with Gasteiger partial charge in [0.1, 0.15) is 0 Å². The molecule has 3 N–H and O–H groups in total. The fourth-order valence-electron chi connectivity index (χ4n) is 1.79. The van der Waals surface area contributed by atoms with E-state index in [1.165, 1.54) is 12.3 Å². The third-order valence-corrected chi connectivity index (χ3v) is 4.40. The van der Waals surface area contributed by atoms with Crippen LogP contribution in [0.15, 0.2) is 53.7 Å². The molecule has 1 aromatic heterocycles. The molecule has 0 bridgehead atoms. The third kappa shape index (κ3) is 3.41. The molecule has 20 heavy (non-hydrogen) atoms. The number of nitrogens with zero attached hydrogens (tertiary/aromatic N) is 1. The van der Waals surface area contributed by atoms with Crippen molar-refractivity contribution in [3.8, 4) is 0 Å². The van der Waals surface area contributed by atoms with Gasteiger partial charge in [-0.05, 0) is 24.1 Å². The standard InChI is InChI=1S/C14H17N3O2S/c1-11(13-5-3-2-4-6-13)17-20(18,19)14-8-7-12(9-15)10-16-14/h2-8,10-11,17H,9,15H2,1H3. The number of hydrogen-bond acceptors (Lipinski definition) is 4. The minimum Gasteiger partial charge on any atom is -0.326 e. The van der Waals surface area contributed by atoms with Crippen molar-refractivity contribution in [3.63, 3.8) is 0 Å². The van der Waals surface area contributed by atoms with Gasteiger partial charge in [-0.3, -0.25) is 0 Å². The van der Waals surface area contributed by atoms with Crippen LogP contribution in [-0.2, 0) is 16.6 Å². The van der Waals surface area contributed by atoms with Gasteiger partial charge in [0, 0.05) is 18.8 Å². The SMILES string of the molecule is CC(NS(=O)(=O)c1ccc(CN)cn1)c1ccccc1. The van der Waals surface area contributed by atoms with Crippen LogP contribution in [0.5, 0.6) is 0 Å².